The minimum Gasteiger partial charge on any atom is -0.255 e. The molecule has 0 N–H and O–H groups in total. The number of nitrogens with zero attached hydrogens (tertiary/aromatic N) is 3. The minimum atomic E-state index is -0.102. The molecule has 35 heavy (non-hydrogen) atoms. The van der Waals surface area contributed by atoms with E-state index >= 15 is 0 Å². The molecule has 5 aromatic rings. The van der Waals surface area contributed by atoms with E-state index in [9.17, 15) is 0 Å². The van der Waals surface area contributed by atoms with Crippen LogP contribution >= 0.6 is 0 Å². The Morgan fingerprint density at radius 3 is 1.91 bits per heavy atom. The Balaban J connectivity index is 1.29. The number of hydrogen-bond acceptors (Lipinski definition) is 1. The summed E-state index contributed by atoms with van der Waals surface area (Å²) in [5.41, 5.74) is 9.84. The van der Waals surface area contributed by atoms with Crippen LogP contribution < -0.4 is 9.13 Å². The van der Waals surface area contributed by atoms with Gasteiger partial charge in [-0.1, -0.05) is 74.5 Å². The SMILES string of the molecule is CC1(C)c2c[n+](Cc3ccccc3)ccc2-c2ncc(-c3cc[n+](Cc4ccccc4)cc3)cc21. The Morgan fingerprint density at radius 2 is 1.26 bits per heavy atom. The molecular formula is C32H29N3+2. The van der Waals surface area contributed by atoms with Crippen molar-refractivity contribution < 1.29 is 9.13 Å². The zero-order valence-corrected chi connectivity index (χ0v) is 20.2. The maximum absolute atomic E-state index is 4.96. The highest BCUT2D eigenvalue weighted by molar-refractivity contribution is 5.79. The van der Waals surface area contributed by atoms with E-state index in [1.54, 1.807) is 0 Å². The first-order chi connectivity index (χ1) is 17.1. The molecule has 0 amide bonds. The lowest BCUT2D eigenvalue weighted by Crippen LogP contribution is -2.35. The van der Waals surface area contributed by atoms with Crippen LogP contribution in [-0.2, 0) is 18.5 Å². The van der Waals surface area contributed by atoms with Gasteiger partial charge in [-0.05, 0) is 17.2 Å². The van der Waals surface area contributed by atoms with Crippen molar-refractivity contribution in [3.8, 4) is 22.4 Å². The number of fused-ring (bicyclic) bond motifs is 3. The number of aromatic nitrogens is 3. The lowest BCUT2D eigenvalue weighted by Gasteiger charge is -2.20. The lowest BCUT2D eigenvalue weighted by atomic mass is 9.83. The van der Waals surface area contributed by atoms with Crippen LogP contribution in [0, 0.1) is 0 Å². The summed E-state index contributed by atoms with van der Waals surface area (Å²) in [6.45, 7) is 6.37. The highest BCUT2D eigenvalue weighted by Crippen LogP contribution is 2.47. The number of pyridine rings is 3. The Bertz CT molecular complexity index is 1490. The third-order valence-corrected chi connectivity index (χ3v) is 7.15. The largest absolute Gasteiger partial charge is 0.255 e. The second-order valence-electron chi connectivity index (χ2n) is 9.92. The van der Waals surface area contributed by atoms with Gasteiger partial charge in [0.1, 0.15) is 0 Å². The van der Waals surface area contributed by atoms with Gasteiger partial charge in [0.15, 0.2) is 37.9 Å². The van der Waals surface area contributed by atoms with Crippen molar-refractivity contribution in [2.24, 2.45) is 0 Å². The van der Waals surface area contributed by atoms with Crippen LogP contribution in [0.15, 0.2) is 116 Å². The van der Waals surface area contributed by atoms with Gasteiger partial charge in [0.2, 0.25) is 0 Å². The Kier molecular flexibility index (Phi) is 5.26. The Morgan fingerprint density at radius 1 is 0.657 bits per heavy atom. The maximum atomic E-state index is 4.96. The molecule has 0 saturated carbocycles. The quantitative estimate of drug-likeness (QED) is 0.310. The van der Waals surface area contributed by atoms with Gasteiger partial charge in [-0.15, -0.1) is 0 Å². The molecular weight excluding hydrogens is 426 g/mol. The average molecular weight is 456 g/mol. The first-order valence-electron chi connectivity index (χ1n) is 12.2. The molecule has 6 rings (SSSR count). The van der Waals surface area contributed by atoms with Crippen LogP contribution in [-0.4, -0.2) is 4.98 Å². The molecule has 3 nitrogen and oxygen atoms in total. The van der Waals surface area contributed by atoms with Crippen molar-refractivity contribution in [2.45, 2.75) is 32.4 Å². The third kappa shape index (κ3) is 4.04. The zero-order valence-electron chi connectivity index (χ0n) is 20.2. The van der Waals surface area contributed by atoms with E-state index < -0.39 is 0 Å². The number of benzene rings is 2. The average Bonchev–Trinajstić information content (AvgIpc) is 3.12. The topological polar surface area (TPSA) is 20.6 Å². The van der Waals surface area contributed by atoms with Crippen LogP contribution in [0.5, 0.6) is 0 Å². The van der Waals surface area contributed by atoms with Gasteiger partial charge >= 0.3 is 0 Å². The molecule has 0 spiro atoms. The molecule has 3 heterocycles. The summed E-state index contributed by atoms with van der Waals surface area (Å²) in [4.78, 5) is 4.96. The molecule has 0 atom stereocenters. The van der Waals surface area contributed by atoms with Crippen LogP contribution in [0.25, 0.3) is 22.4 Å². The second kappa shape index (κ2) is 8.59. The molecule has 3 heteroatoms. The van der Waals surface area contributed by atoms with Crippen LogP contribution in [0.4, 0.5) is 0 Å². The second-order valence-corrected chi connectivity index (χ2v) is 9.92. The number of hydrogen-bond donors (Lipinski definition) is 0. The van der Waals surface area contributed by atoms with Crippen LogP contribution in [0.2, 0.25) is 0 Å². The van der Waals surface area contributed by atoms with Crippen molar-refractivity contribution in [1.29, 1.82) is 0 Å². The van der Waals surface area contributed by atoms with Gasteiger partial charge in [-0.25, -0.2) is 9.13 Å². The van der Waals surface area contributed by atoms with Gasteiger partial charge in [0.25, 0.3) is 0 Å². The van der Waals surface area contributed by atoms with E-state index in [0.717, 1.165) is 24.3 Å². The summed E-state index contributed by atoms with van der Waals surface area (Å²) in [5.74, 6) is 0. The van der Waals surface area contributed by atoms with Crippen molar-refractivity contribution in [2.75, 3.05) is 0 Å². The molecule has 0 aliphatic heterocycles. The van der Waals surface area contributed by atoms with Crippen molar-refractivity contribution in [3.05, 3.63) is 138 Å². The van der Waals surface area contributed by atoms with Gasteiger partial charge in [0, 0.05) is 57.6 Å². The fourth-order valence-electron chi connectivity index (χ4n) is 5.14. The van der Waals surface area contributed by atoms with Crippen LogP contribution in [0.3, 0.4) is 0 Å². The fourth-order valence-corrected chi connectivity index (χ4v) is 5.14. The Labute approximate surface area is 207 Å². The van der Waals surface area contributed by atoms with Crippen molar-refractivity contribution in [3.63, 3.8) is 0 Å². The molecule has 3 aromatic heterocycles. The number of rotatable bonds is 5. The fraction of sp³-hybridized carbons (Fsp3) is 0.156. The van der Waals surface area contributed by atoms with Gasteiger partial charge in [-0.3, -0.25) is 4.98 Å². The summed E-state index contributed by atoms with van der Waals surface area (Å²) < 4.78 is 4.50. The molecule has 2 aromatic carbocycles. The van der Waals surface area contributed by atoms with E-state index in [1.165, 1.54) is 33.4 Å². The molecule has 0 radical (unpaired) electrons. The summed E-state index contributed by atoms with van der Waals surface area (Å²) in [5, 5.41) is 0. The summed E-state index contributed by atoms with van der Waals surface area (Å²) in [6, 6.07) is 30.1. The van der Waals surface area contributed by atoms with Gasteiger partial charge in [-0.2, -0.15) is 0 Å². The predicted molar refractivity (Wildman–Crippen MR) is 139 cm³/mol. The minimum absolute atomic E-state index is 0.102. The molecule has 0 fully saturated rings. The molecule has 170 valence electrons. The molecule has 1 aliphatic carbocycles. The van der Waals surface area contributed by atoms with Gasteiger partial charge < -0.3 is 0 Å². The normalized spacial score (nSPS) is 13.3. The Hall–Kier alpha value is -4.11. The standard InChI is InChI=1S/C32H29N3/c1-32(2)29-19-27(26-13-16-34(17-14-26)21-24-9-5-3-6-10-24)20-33-31(29)28-15-18-35(23-30(28)32)22-25-11-7-4-8-12-25/h3-20,23H,21-22H2,1-2H3/q+2. The highest BCUT2D eigenvalue weighted by Gasteiger charge is 2.39. The highest BCUT2D eigenvalue weighted by atomic mass is 14.9. The van der Waals surface area contributed by atoms with Crippen molar-refractivity contribution >= 4 is 0 Å². The molecule has 1 aliphatic rings. The lowest BCUT2D eigenvalue weighted by molar-refractivity contribution is -0.688. The van der Waals surface area contributed by atoms with E-state index in [4.69, 9.17) is 4.98 Å². The predicted octanol–water partition coefficient (Wildman–Crippen LogP) is 5.73. The van der Waals surface area contributed by atoms with E-state index in [2.05, 4.69) is 133 Å². The smallest absolute Gasteiger partial charge is 0.173 e. The van der Waals surface area contributed by atoms with Crippen molar-refractivity contribution in [1.82, 2.24) is 4.98 Å². The van der Waals surface area contributed by atoms with E-state index in [1.807, 2.05) is 6.20 Å². The van der Waals surface area contributed by atoms with E-state index in [0.29, 0.717) is 0 Å². The molecule has 0 unspecified atom stereocenters. The summed E-state index contributed by atoms with van der Waals surface area (Å²) in [7, 11) is 0. The van der Waals surface area contributed by atoms with Crippen LogP contribution in [0.1, 0.15) is 36.1 Å². The summed E-state index contributed by atoms with van der Waals surface area (Å²) >= 11 is 0. The third-order valence-electron chi connectivity index (χ3n) is 7.15. The van der Waals surface area contributed by atoms with Gasteiger partial charge in [0.05, 0.1) is 5.69 Å². The first kappa shape index (κ1) is 21.4. The summed E-state index contributed by atoms with van der Waals surface area (Å²) in [6.07, 6.45) is 10.8. The van der Waals surface area contributed by atoms with E-state index in [-0.39, 0.29) is 5.41 Å². The molecule has 0 bridgehead atoms. The molecule has 0 saturated heterocycles. The monoisotopic (exact) mass is 455 g/mol. The zero-order chi connectivity index (χ0) is 23.8. The first-order valence-corrected chi connectivity index (χ1v) is 12.2. The maximum Gasteiger partial charge on any atom is 0.173 e.